The second-order valence-electron chi connectivity index (χ2n) is 6.53. The molecule has 4 rings (SSSR count). The zero-order valence-electron chi connectivity index (χ0n) is 16.4. The largest absolute Gasteiger partial charge is 0.493 e. The van der Waals surface area contributed by atoms with Crippen LogP contribution in [0.5, 0.6) is 11.5 Å². The van der Waals surface area contributed by atoms with Crippen molar-refractivity contribution in [2.24, 2.45) is 0 Å². The van der Waals surface area contributed by atoms with Crippen LogP contribution in [0, 0.1) is 0 Å². The molecule has 2 aromatic carbocycles. The van der Waals surface area contributed by atoms with E-state index in [1.807, 2.05) is 30.3 Å². The van der Waals surface area contributed by atoms with Crippen molar-refractivity contribution in [3.05, 3.63) is 88.7 Å². The van der Waals surface area contributed by atoms with Gasteiger partial charge in [0.05, 0.1) is 24.8 Å². The van der Waals surface area contributed by atoms with Crippen LogP contribution in [-0.4, -0.2) is 28.2 Å². The molecule has 0 aliphatic carbocycles. The van der Waals surface area contributed by atoms with Crippen molar-refractivity contribution in [1.29, 1.82) is 0 Å². The first kappa shape index (κ1) is 20.9. The number of thioether (sulfide) groups is 1. The van der Waals surface area contributed by atoms with Crippen molar-refractivity contribution < 1.29 is 23.5 Å². The second kappa shape index (κ2) is 9.20. The Bertz CT molecular complexity index is 1160. The number of methoxy groups -OCH3 is 1. The Balaban J connectivity index is 1.52. The molecule has 1 aliphatic rings. The third-order valence-electron chi connectivity index (χ3n) is 4.47. The number of furan rings is 1. The number of hydrogen-bond acceptors (Lipinski definition) is 7. The SMILES string of the molecule is COc1cc(/C=C2\SC(=S)N(Cc3ccccc3)C2=O)ccc1OC(=O)c1ccco1. The normalized spacial score (nSPS) is 14.9. The Morgan fingerprint density at radius 3 is 2.65 bits per heavy atom. The molecule has 8 heteroatoms. The van der Waals surface area contributed by atoms with Gasteiger partial charge in [-0.3, -0.25) is 9.69 Å². The van der Waals surface area contributed by atoms with Crippen LogP contribution in [0.15, 0.2) is 76.2 Å². The van der Waals surface area contributed by atoms with E-state index in [1.54, 1.807) is 35.2 Å². The summed E-state index contributed by atoms with van der Waals surface area (Å²) in [5, 5.41) is 0. The number of carbonyl (C=O) groups excluding carboxylic acids is 2. The summed E-state index contributed by atoms with van der Waals surface area (Å²) in [7, 11) is 1.47. The minimum absolute atomic E-state index is 0.0909. The van der Waals surface area contributed by atoms with Gasteiger partial charge in [0, 0.05) is 0 Å². The molecule has 2 heterocycles. The molecule has 6 nitrogen and oxygen atoms in total. The molecule has 156 valence electrons. The highest BCUT2D eigenvalue weighted by Crippen LogP contribution is 2.35. The van der Waals surface area contributed by atoms with Gasteiger partial charge in [0.15, 0.2) is 11.5 Å². The van der Waals surface area contributed by atoms with E-state index in [9.17, 15) is 9.59 Å². The molecule has 0 radical (unpaired) electrons. The number of hydrogen-bond donors (Lipinski definition) is 0. The van der Waals surface area contributed by atoms with Crippen LogP contribution in [0.25, 0.3) is 6.08 Å². The Morgan fingerprint density at radius 2 is 1.94 bits per heavy atom. The maximum atomic E-state index is 12.9. The first-order valence-corrected chi connectivity index (χ1v) is 10.5. The van der Waals surface area contributed by atoms with E-state index in [-0.39, 0.29) is 17.4 Å². The maximum Gasteiger partial charge on any atom is 0.379 e. The zero-order chi connectivity index (χ0) is 21.8. The van der Waals surface area contributed by atoms with Crippen molar-refractivity contribution in [3.63, 3.8) is 0 Å². The minimum Gasteiger partial charge on any atom is -0.493 e. The summed E-state index contributed by atoms with van der Waals surface area (Å²) in [4.78, 5) is 27.1. The van der Waals surface area contributed by atoms with E-state index in [0.29, 0.717) is 21.5 Å². The van der Waals surface area contributed by atoms with Gasteiger partial charge in [0.1, 0.15) is 4.32 Å². The second-order valence-corrected chi connectivity index (χ2v) is 8.21. The van der Waals surface area contributed by atoms with Gasteiger partial charge in [-0.25, -0.2) is 4.79 Å². The molecule has 1 fully saturated rings. The third-order valence-corrected chi connectivity index (χ3v) is 5.85. The summed E-state index contributed by atoms with van der Waals surface area (Å²) in [6.07, 6.45) is 3.13. The predicted molar refractivity (Wildman–Crippen MR) is 122 cm³/mol. The molecule has 0 atom stereocenters. The van der Waals surface area contributed by atoms with E-state index in [4.69, 9.17) is 26.1 Å². The number of nitrogens with zero attached hydrogens (tertiary/aromatic N) is 1. The van der Waals surface area contributed by atoms with Crippen LogP contribution in [0.2, 0.25) is 0 Å². The van der Waals surface area contributed by atoms with E-state index < -0.39 is 5.97 Å². The molecule has 0 bridgehead atoms. The number of esters is 1. The zero-order valence-corrected chi connectivity index (χ0v) is 18.1. The molecule has 1 aromatic heterocycles. The van der Waals surface area contributed by atoms with Gasteiger partial charge < -0.3 is 13.9 Å². The summed E-state index contributed by atoms with van der Waals surface area (Å²) in [6, 6.07) is 17.8. The average molecular weight is 452 g/mol. The van der Waals surface area contributed by atoms with Crippen molar-refractivity contribution in [2.75, 3.05) is 7.11 Å². The molecule has 1 saturated heterocycles. The fraction of sp³-hybridized carbons (Fsp3) is 0.0870. The standard InChI is InChI=1S/C23H17NO5S2/c1-27-19-12-16(9-10-17(19)29-22(26)18-8-5-11-28-18)13-20-21(25)24(23(30)31-20)14-15-6-3-2-4-7-15/h2-13H,14H2,1H3/b20-13-. The molecule has 1 amide bonds. The highest BCUT2D eigenvalue weighted by atomic mass is 32.2. The first-order chi connectivity index (χ1) is 15.0. The number of thiocarbonyl (C=S) groups is 1. The van der Waals surface area contributed by atoms with Crippen molar-refractivity contribution >= 4 is 46.3 Å². The summed E-state index contributed by atoms with van der Waals surface area (Å²) >= 11 is 6.65. The number of ether oxygens (including phenoxy) is 2. The molecular weight excluding hydrogens is 434 g/mol. The summed E-state index contributed by atoms with van der Waals surface area (Å²) < 4.78 is 16.3. The first-order valence-electron chi connectivity index (χ1n) is 9.28. The topological polar surface area (TPSA) is 69.0 Å². The van der Waals surface area contributed by atoms with E-state index >= 15 is 0 Å². The highest BCUT2D eigenvalue weighted by molar-refractivity contribution is 8.26. The number of carbonyl (C=O) groups is 2. The van der Waals surface area contributed by atoms with E-state index in [2.05, 4.69) is 0 Å². The minimum atomic E-state index is -0.627. The summed E-state index contributed by atoms with van der Waals surface area (Å²) in [5.74, 6) is -0.0803. The van der Waals surface area contributed by atoms with Crippen LogP contribution >= 0.6 is 24.0 Å². The fourth-order valence-electron chi connectivity index (χ4n) is 2.96. The number of rotatable bonds is 6. The summed E-state index contributed by atoms with van der Waals surface area (Å²) in [5.41, 5.74) is 1.72. The number of benzene rings is 2. The molecule has 1 aliphatic heterocycles. The Kier molecular flexibility index (Phi) is 6.20. The van der Waals surface area contributed by atoms with Gasteiger partial charge in [-0.2, -0.15) is 0 Å². The average Bonchev–Trinajstić information content (AvgIpc) is 3.41. The van der Waals surface area contributed by atoms with Crippen LogP contribution in [-0.2, 0) is 11.3 Å². The molecule has 0 unspecified atom stereocenters. The highest BCUT2D eigenvalue weighted by Gasteiger charge is 2.32. The number of amides is 1. The van der Waals surface area contributed by atoms with Gasteiger partial charge >= 0.3 is 5.97 Å². The maximum absolute atomic E-state index is 12.9. The molecule has 31 heavy (non-hydrogen) atoms. The van der Waals surface area contributed by atoms with Gasteiger partial charge in [0.2, 0.25) is 5.76 Å². The van der Waals surface area contributed by atoms with Crippen molar-refractivity contribution in [3.8, 4) is 11.5 Å². The third kappa shape index (κ3) is 4.70. The lowest BCUT2D eigenvalue weighted by atomic mass is 10.1. The molecular formula is C23H17NO5S2. The Labute approximate surface area is 188 Å². The van der Waals surface area contributed by atoms with Gasteiger partial charge in [-0.05, 0) is 41.5 Å². The van der Waals surface area contributed by atoms with Gasteiger partial charge in [0.25, 0.3) is 5.91 Å². The van der Waals surface area contributed by atoms with Crippen LogP contribution in [0.3, 0.4) is 0 Å². The smallest absolute Gasteiger partial charge is 0.379 e. The lowest BCUT2D eigenvalue weighted by Crippen LogP contribution is -2.27. The van der Waals surface area contributed by atoms with Crippen molar-refractivity contribution in [2.45, 2.75) is 6.54 Å². The van der Waals surface area contributed by atoms with Gasteiger partial charge in [-0.15, -0.1) is 0 Å². The van der Waals surface area contributed by atoms with Gasteiger partial charge in [-0.1, -0.05) is 60.4 Å². The quantitative estimate of drug-likeness (QED) is 0.228. The Hall–Kier alpha value is -3.36. The lowest BCUT2D eigenvalue weighted by Gasteiger charge is -2.14. The summed E-state index contributed by atoms with van der Waals surface area (Å²) in [6.45, 7) is 0.424. The van der Waals surface area contributed by atoms with Crippen LogP contribution < -0.4 is 9.47 Å². The molecule has 0 saturated carbocycles. The monoisotopic (exact) mass is 451 g/mol. The fourth-order valence-corrected chi connectivity index (χ4v) is 4.21. The predicted octanol–water partition coefficient (Wildman–Crippen LogP) is 4.91. The Morgan fingerprint density at radius 1 is 1.13 bits per heavy atom. The van der Waals surface area contributed by atoms with E-state index in [1.165, 1.54) is 31.2 Å². The van der Waals surface area contributed by atoms with E-state index in [0.717, 1.165) is 11.1 Å². The van der Waals surface area contributed by atoms with Crippen LogP contribution in [0.1, 0.15) is 21.7 Å². The molecule has 3 aromatic rings. The van der Waals surface area contributed by atoms with Crippen LogP contribution in [0.4, 0.5) is 0 Å². The lowest BCUT2D eigenvalue weighted by molar-refractivity contribution is -0.122. The van der Waals surface area contributed by atoms with Crippen molar-refractivity contribution in [1.82, 2.24) is 4.90 Å². The molecule has 0 N–H and O–H groups in total. The molecule has 0 spiro atoms.